The zero-order chi connectivity index (χ0) is 22.6. The van der Waals surface area contributed by atoms with Crippen LogP contribution < -0.4 is 9.79 Å². The lowest BCUT2D eigenvalue weighted by molar-refractivity contribution is -0.509. The Bertz CT molecular complexity index is 1780. The molecule has 0 saturated heterocycles. The Balaban J connectivity index is 1.42. The van der Waals surface area contributed by atoms with Crippen LogP contribution >= 0.6 is 0 Å². The van der Waals surface area contributed by atoms with E-state index in [1.54, 1.807) is 6.07 Å². The highest BCUT2D eigenvalue weighted by molar-refractivity contribution is 6.26. The second kappa shape index (κ2) is 7.28. The van der Waals surface area contributed by atoms with E-state index < -0.39 is 0 Å². The molecule has 34 heavy (non-hydrogen) atoms. The molecule has 1 aliphatic heterocycles. The minimum absolute atomic E-state index is 0.473. The number of nitrogens with zero attached hydrogens (tertiary/aromatic N) is 2. The van der Waals surface area contributed by atoms with Crippen LogP contribution in [0.1, 0.15) is 5.56 Å². The number of pyridine rings is 1. The third kappa shape index (κ3) is 2.72. The molecule has 0 saturated carbocycles. The zero-order valence-electron chi connectivity index (χ0n) is 18.0. The molecule has 0 fully saturated rings. The van der Waals surface area contributed by atoms with Gasteiger partial charge in [0.05, 0.1) is 16.8 Å². The number of rotatable bonds is 3. The van der Waals surface area contributed by atoms with Gasteiger partial charge >= 0.3 is 13.5 Å². The summed E-state index contributed by atoms with van der Waals surface area (Å²) in [5.74, 6) is 1.17. The maximum atomic E-state index is 14.4. The van der Waals surface area contributed by atoms with Gasteiger partial charge in [-0.3, -0.25) is 8.79 Å². The molecule has 6 aromatic rings. The fourth-order valence-corrected chi connectivity index (χ4v) is 4.91. The van der Waals surface area contributed by atoms with Crippen molar-refractivity contribution in [3.8, 4) is 11.3 Å². The largest absolute Gasteiger partial charge is 0.640 e. The fraction of sp³-hybridized carbons (Fsp3) is 0. The Morgan fingerprint density at radius 1 is 0.765 bits per heavy atom. The van der Waals surface area contributed by atoms with Gasteiger partial charge in [-0.2, -0.15) is 0 Å². The van der Waals surface area contributed by atoms with Gasteiger partial charge in [0.2, 0.25) is 0 Å². The Morgan fingerprint density at radius 3 is 2.44 bits per heavy atom. The molecule has 4 nitrogen and oxygen atoms in total. The minimum atomic E-state index is 0.473. The summed E-state index contributed by atoms with van der Waals surface area (Å²) in [7, 11) is 0.554. The van der Waals surface area contributed by atoms with E-state index in [1.807, 2.05) is 78.9 Å². The second-order valence-corrected chi connectivity index (χ2v) is 8.31. The number of fused-ring (bicyclic) bond motifs is 3. The number of para-hydroxylation sites is 2. The summed E-state index contributed by atoms with van der Waals surface area (Å²) in [5.41, 5.74) is 4.99. The van der Waals surface area contributed by atoms with Crippen molar-refractivity contribution in [1.82, 2.24) is 0 Å². The van der Waals surface area contributed by atoms with Gasteiger partial charge in [0, 0.05) is 22.2 Å². The van der Waals surface area contributed by atoms with E-state index in [0.29, 0.717) is 25.0 Å². The van der Waals surface area contributed by atoms with E-state index in [4.69, 9.17) is 9.41 Å². The number of amidine groups is 1. The average molecular weight is 441 g/mol. The van der Waals surface area contributed by atoms with Crippen molar-refractivity contribution in [3.05, 3.63) is 103 Å². The SMILES string of the molecule is F[B][n+]1c(/N=C2\Nc3cccc4cccc2c34)cccc1-c1cccc2c1oc1ccccc12. The summed E-state index contributed by atoms with van der Waals surface area (Å²) in [4.78, 5) is 4.84. The van der Waals surface area contributed by atoms with Crippen LogP contribution in [0.15, 0.2) is 106 Å². The van der Waals surface area contributed by atoms with Gasteiger partial charge in [-0.15, -0.1) is 0 Å². The van der Waals surface area contributed by atoms with Gasteiger partial charge in [0.25, 0.3) is 5.84 Å². The third-order valence-corrected chi connectivity index (χ3v) is 6.42. The van der Waals surface area contributed by atoms with Gasteiger partial charge in [-0.1, -0.05) is 54.6 Å². The van der Waals surface area contributed by atoms with Gasteiger partial charge in [-0.05, 0) is 46.8 Å². The number of aromatic nitrogens is 1. The number of aliphatic imine (C=N–C) groups is 1. The Kier molecular flexibility index (Phi) is 4.08. The van der Waals surface area contributed by atoms with E-state index in [0.717, 1.165) is 49.5 Å². The molecule has 0 aliphatic carbocycles. The highest BCUT2D eigenvalue weighted by Gasteiger charge is 2.27. The molecule has 1 N–H and O–H groups in total. The fourth-order valence-electron chi connectivity index (χ4n) is 4.91. The Labute approximate surface area is 195 Å². The molecular weight excluding hydrogens is 424 g/mol. The lowest BCUT2D eigenvalue weighted by Crippen LogP contribution is -2.40. The number of hydrogen-bond donors (Lipinski definition) is 1. The van der Waals surface area contributed by atoms with Crippen molar-refractivity contribution in [1.29, 1.82) is 0 Å². The number of benzene rings is 4. The molecule has 0 spiro atoms. The first-order valence-electron chi connectivity index (χ1n) is 11.1. The normalized spacial score (nSPS) is 13.7. The maximum Gasteiger partial charge on any atom is 0.640 e. The number of furan rings is 1. The first-order valence-corrected chi connectivity index (χ1v) is 11.1. The minimum Gasteiger partial charge on any atom is -0.455 e. The molecule has 3 heterocycles. The molecule has 0 amide bonds. The monoisotopic (exact) mass is 441 g/mol. The van der Waals surface area contributed by atoms with Crippen LogP contribution in [-0.2, 0) is 0 Å². The Hall–Kier alpha value is -4.45. The molecular formula is C28H17BFN3O+. The highest BCUT2D eigenvalue weighted by atomic mass is 19.1. The first kappa shape index (κ1) is 19.1. The smallest absolute Gasteiger partial charge is 0.455 e. The van der Waals surface area contributed by atoms with Gasteiger partial charge in [0.15, 0.2) is 0 Å². The number of anilines is 1. The molecule has 4 aromatic carbocycles. The van der Waals surface area contributed by atoms with E-state index in [2.05, 4.69) is 17.4 Å². The van der Waals surface area contributed by atoms with Gasteiger partial charge < -0.3 is 9.73 Å². The van der Waals surface area contributed by atoms with Gasteiger partial charge in [-0.25, -0.2) is 0 Å². The molecule has 0 unspecified atom stereocenters. The third-order valence-electron chi connectivity index (χ3n) is 6.42. The maximum absolute atomic E-state index is 14.4. The summed E-state index contributed by atoms with van der Waals surface area (Å²) < 4.78 is 22.1. The van der Waals surface area contributed by atoms with Crippen molar-refractivity contribution in [2.45, 2.75) is 0 Å². The van der Waals surface area contributed by atoms with E-state index in [1.165, 1.54) is 4.48 Å². The molecule has 1 aliphatic rings. The lowest BCUT2D eigenvalue weighted by atomic mass is 10.0. The topological polar surface area (TPSA) is 41.4 Å². The molecule has 6 heteroatoms. The predicted octanol–water partition coefficient (Wildman–Crippen LogP) is 6.55. The van der Waals surface area contributed by atoms with E-state index >= 15 is 0 Å². The van der Waals surface area contributed by atoms with Crippen LogP contribution in [0.4, 0.5) is 15.8 Å². The molecule has 159 valence electrons. The van der Waals surface area contributed by atoms with Crippen LogP contribution in [0.25, 0.3) is 44.0 Å². The van der Waals surface area contributed by atoms with Crippen LogP contribution in [0, 0.1) is 0 Å². The van der Waals surface area contributed by atoms with E-state index in [9.17, 15) is 4.32 Å². The standard InChI is InChI=1S/C28H17BFN3O/c30-29-33-23(20-11-5-10-19-18-9-1-2-15-24(18)34-27(19)20)14-6-16-25(33)32-28-21-12-3-7-17-8-4-13-22(31-28)26(17)21/h1-16H,(H,31,32)/q+1. The highest BCUT2D eigenvalue weighted by Crippen LogP contribution is 2.36. The van der Waals surface area contributed by atoms with E-state index in [-0.39, 0.29) is 0 Å². The summed E-state index contributed by atoms with van der Waals surface area (Å²) in [6.45, 7) is 0. The summed E-state index contributed by atoms with van der Waals surface area (Å²) in [6, 6.07) is 31.7. The molecule has 7 rings (SSSR count). The van der Waals surface area contributed by atoms with Crippen LogP contribution in [-0.4, -0.2) is 13.5 Å². The van der Waals surface area contributed by atoms with Crippen molar-refractivity contribution in [2.24, 2.45) is 4.99 Å². The van der Waals surface area contributed by atoms with Crippen LogP contribution in [0.2, 0.25) is 0 Å². The second-order valence-electron chi connectivity index (χ2n) is 8.31. The number of halogens is 1. The number of hydrogen-bond acceptors (Lipinski definition) is 2. The van der Waals surface area contributed by atoms with Crippen molar-refractivity contribution in [3.63, 3.8) is 0 Å². The van der Waals surface area contributed by atoms with Crippen LogP contribution in [0.3, 0.4) is 0 Å². The van der Waals surface area contributed by atoms with Crippen molar-refractivity contribution >= 4 is 57.7 Å². The van der Waals surface area contributed by atoms with Crippen molar-refractivity contribution in [2.75, 3.05) is 5.32 Å². The molecule has 0 bridgehead atoms. The first-order chi connectivity index (χ1) is 16.8. The van der Waals surface area contributed by atoms with Crippen molar-refractivity contribution < 1.29 is 13.2 Å². The average Bonchev–Trinajstić information content (AvgIpc) is 3.44. The quantitative estimate of drug-likeness (QED) is 0.317. The lowest BCUT2D eigenvalue weighted by Gasteiger charge is -2.07. The molecule has 0 atom stereocenters. The summed E-state index contributed by atoms with van der Waals surface area (Å²) in [5, 5.41) is 7.70. The molecule has 1 radical (unpaired) electrons. The summed E-state index contributed by atoms with van der Waals surface area (Å²) in [6.07, 6.45) is 0. The Morgan fingerprint density at radius 2 is 1.53 bits per heavy atom. The summed E-state index contributed by atoms with van der Waals surface area (Å²) >= 11 is 0. The number of nitrogens with one attached hydrogen (secondary N) is 1. The predicted molar refractivity (Wildman–Crippen MR) is 135 cm³/mol. The molecule has 2 aromatic heterocycles. The van der Waals surface area contributed by atoms with Crippen LogP contribution in [0.5, 0.6) is 0 Å². The zero-order valence-corrected chi connectivity index (χ0v) is 18.0. The van der Waals surface area contributed by atoms with Gasteiger partial charge in [0.1, 0.15) is 16.9 Å².